The first-order valence-electron chi connectivity index (χ1n) is 8.12. The molecule has 0 aromatic carbocycles. The summed E-state index contributed by atoms with van der Waals surface area (Å²) in [5, 5.41) is 13.2. The first-order chi connectivity index (χ1) is 10.5. The predicted octanol–water partition coefficient (Wildman–Crippen LogP) is 2.38. The van der Waals surface area contributed by atoms with E-state index in [1.54, 1.807) is 25.4 Å². The molecule has 1 fully saturated rings. The Labute approximate surface area is 132 Å². The molecule has 2 heterocycles. The van der Waals surface area contributed by atoms with E-state index in [2.05, 4.69) is 24.1 Å². The predicted molar refractivity (Wildman–Crippen MR) is 87.9 cm³/mol. The number of hydrogen-bond donors (Lipinski definition) is 2. The van der Waals surface area contributed by atoms with Gasteiger partial charge in [-0.3, -0.25) is 4.79 Å². The van der Waals surface area contributed by atoms with Crippen LogP contribution in [0.4, 0.5) is 5.82 Å². The molecule has 5 heteroatoms. The number of aliphatic hydroxyl groups is 1. The molecule has 1 aromatic heterocycles. The summed E-state index contributed by atoms with van der Waals surface area (Å²) in [6.45, 7) is 5.70. The first kappa shape index (κ1) is 16.7. The molecule has 0 aliphatic carbocycles. The summed E-state index contributed by atoms with van der Waals surface area (Å²) in [6.07, 6.45) is 4.01. The third kappa shape index (κ3) is 4.19. The summed E-state index contributed by atoms with van der Waals surface area (Å²) in [7, 11) is 1.79. The van der Waals surface area contributed by atoms with Gasteiger partial charge in [0.25, 0.3) is 5.91 Å². The van der Waals surface area contributed by atoms with E-state index in [4.69, 9.17) is 0 Å². The van der Waals surface area contributed by atoms with Crippen LogP contribution < -0.4 is 5.32 Å². The van der Waals surface area contributed by atoms with Gasteiger partial charge in [-0.15, -0.1) is 0 Å². The third-order valence-corrected chi connectivity index (χ3v) is 4.35. The van der Waals surface area contributed by atoms with E-state index >= 15 is 0 Å². The average Bonchev–Trinajstić information content (AvgIpc) is 2.53. The van der Waals surface area contributed by atoms with E-state index in [0.717, 1.165) is 32.4 Å². The Morgan fingerprint density at radius 2 is 2.14 bits per heavy atom. The Hall–Kier alpha value is -1.62. The van der Waals surface area contributed by atoms with Gasteiger partial charge in [-0.25, -0.2) is 4.98 Å². The Morgan fingerprint density at radius 3 is 2.73 bits per heavy atom. The highest BCUT2D eigenvalue weighted by atomic mass is 16.3. The van der Waals surface area contributed by atoms with Crippen molar-refractivity contribution in [1.29, 1.82) is 0 Å². The van der Waals surface area contributed by atoms with Gasteiger partial charge in [0.1, 0.15) is 5.82 Å². The van der Waals surface area contributed by atoms with Crippen LogP contribution in [-0.4, -0.2) is 47.1 Å². The fourth-order valence-corrected chi connectivity index (χ4v) is 3.05. The molecule has 0 bridgehead atoms. The van der Waals surface area contributed by atoms with Crippen molar-refractivity contribution in [3.63, 3.8) is 0 Å². The van der Waals surface area contributed by atoms with Crippen molar-refractivity contribution in [2.75, 3.05) is 25.5 Å². The summed E-state index contributed by atoms with van der Waals surface area (Å²) < 4.78 is 0. The lowest BCUT2D eigenvalue weighted by Crippen LogP contribution is -2.41. The second-order valence-electron chi connectivity index (χ2n) is 6.51. The number of hydrogen-bond acceptors (Lipinski definition) is 4. The molecule has 0 saturated carbocycles. The molecular weight excluding hydrogens is 278 g/mol. The summed E-state index contributed by atoms with van der Waals surface area (Å²) in [4.78, 5) is 18.5. The largest absolute Gasteiger partial charge is 0.393 e. The molecule has 2 N–H and O–H groups in total. The molecular formula is C17H27N3O2. The monoisotopic (exact) mass is 305 g/mol. The molecule has 1 aliphatic heterocycles. The minimum Gasteiger partial charge on any atom is -0.393 e. The molecule has 5 nitrogen and oxygen atoms in total. The van der Waals surface area contributed by atoms with Crippen LogP contribution in [-0.2, 0) is 0 Å². The highest BCUT2D eigenvalue weighted by molar-refractivity contribution is 5.94. The van der Waals surface area contributed by atoms with Gasteiger partial charge < -0.3 is 15.3 Å². The maximum absolute atomic E-state index is 12.5. The lowest BCUT2D eigenvalue weighted by molar-refractivity contribution is 0.0385. The molecule has 2 rings (SSSR count). The van der Waals surface area contributed by atoms with Gasteiger partial charge in [0.2, 0.25) is 0 Å². The molecule has 1 saturated heterocycles. The number of likely N-dealkylation sites (tertiary alicyclic amines) is 1. The van der Waals surface area contributed by atoms with Crippen LogP contribution in [0.25, 0.3) is 0 Å². The SMILES string of the molecule is CNc1cc(C(=O)N2CCC(C(O)CC(C)C)CC2)ccn1. The summed E-state index contributed by atoms with van der Waals surface area (Å²) in [5.41, 5.74) is 0.667. The number of anilines is 1. The summed E-state index contributed by atoms with van der Waals surface area (Å²) >= 11 is 0. The molecule has 122 valence electrons. The van der Waals surface area contributed by atoms with Gasteiger partial charge in [0.15, 0.2) is 0 Å². The lowest BCUT2D eigenvalue weighted by atomic mass is 9.87. The zero-order valence-corrected chi connectivity index (χ0v) is 13.7. The van der Waals surface area contributed by atoms with Crippen molar-refractivity contribution in [3.8, 4) is 0 Å². The van der Waals surface area contributed by atoms with E-state index in [1.165, 1.54) is 0 Å². The van der Waals surface area contributed by atoms with Crippen LogP contribution in [0.2, 0.25) is 0 Å². The standard InChI is InChI=1S/C17H27N3O2/c1-12(2)10-15(21)13-5-8-20(9-6-13)17(22)14-4-7-19-16(11-14)18-3/h4,7,11-13,15,21H,5-6,8-10H2,1-3H3,(H,18,19). The molecule has 0 radical (unpaired) electrons. The van der Waals surface area contributed by atoms with Crippen LogP contribution >= 0.6 is 0 Å². The van der Waals surface area contributed by atoms with Crippen molar-refractivity contribution < 1.29 is 9.90 Å². The Morgan fingerprint density at radius 1 is 1.45 bits per heavy atom. The lowest BCUT2D eigenvalue weighted by Gasteiger charge is -2.34. The minimum atomic E-state index is -0.242. The van der Waals surface area contributed by atoms with Crippen molar-refractivity contribution in [2.24, 2.45) is 11.8 Å². The van der Waals surface area contributed by atoms with E-state index in [0.29, 0.717) is 23.2 Å². The molecule has 1 unspecified atom stereocenters. The number of amides is 1. The number of aromatic nitrogens is 1. The smallest absolute Gasteiger partial charge is 0.254 e. The molecule has 1 aromatic rings. The Kier molecular flexibility index (Phi) is 5.77. The van der Waals surface area contributed by atoms with Gasteiger partial charge >= 0.3 is 0 Å². The molecule has 0 spiro atoms. The maximum Gasteiger partial charge on any atom is 0.254 e. The first-order valence-corrected chi connectivity index (χ1v) is 8.12. The zero-order chi connectivity index (χ0) is 16.1. The fraction of sp³-hybridized carbons (Fsp3) is 0.647. The van der Waals surface area contributed by atoms with E-state index in [9.17, 15) is 9.90 Å². The van der Waals surface area contributed by atoms with Gasteiger partial charge in [0.05, 0.1) is 6.10 Å². The molecule has 22 heavy (non-hydrogen) atoms. The van der Waals surface area contributed by atoms with Gasteiger partial charge in [-0.1, -0.05) is 13.8 Å². The molecule has 1 amide bonds. The topological polar surface area (TPSA) is 65.5 Å². The maximum atomic E-state index is 12.5. The van der Waals surface area contributed by atoms with Crippen molar-refractivity contribution in [2.45, 2.75) is 39.2 Å². The number of piperidine rings is 1. The normalized spacial score (nSPS) is 17.6. The van der Waals surface area contributed by atoms with Crippen molar-refractivity contribution in [3.05, 3.63) is 23.9 Å². The number of nitrogens with one attached hydrogen (secondary N) is 1. The quantitative estimate of drug-likeness (QED) is 0.876. The third-order valence-electron chi connectivity index (χ3n) is 4.35. The number of nitrogens with zero attached hydrogens (tertiary/aromatic N) is 2. The molecule has 1 atom stereocenters. The highest BCUT2D eigenvalue weighted by Gasteiger charge is 2.28. The number of rotatable bonds is 5. The highest BCUT2D eigenvalue weighted by Crippen LogP contribution is 2.25. The van der Waals surface area contributed by atoms with Gasteiger partial charge in [-0.05, 0) is 43.2 Å². The second-order valence-corrected chi connectivity index (χ2v) is 6.51. The van der Waals surface area contributed by atoms with Gasteiger partial charge in [0, 0.05) is 31.9 Å². The minimum absolute atomic E-state index is 0.0516. The number of carbonyl (C=O) groups is 1. The summed E-state index contributed by atoms with van der Waals surface area (Å²) in [5.74, 6) is 1.58. The zero-order valence-electron chi connectivity index (χ0n) is 13.7. The second kappa shape index (κ2) is 7.58. The van der Waals surface area contributed by atoms with Crippen LogP contribution in [0.3, 0.4) is 0 Å². The van der Waals surface area contributed by atoms with E-state index in [-0.39, 0.29) is 12.0 Å². The Balaban J connectivity index is 1.92. The Bertz CT molecular complexity index is 496. The number of pyridine rings is 1. The molecule has 1 aliphatic rings. The van der Waals surface area contributed by atoms with Crippen LogP contribution in [0.1, 0.15) is 43.5 Å². The van der Waals surface area contributed by atoms with E-state index in [1.807, 2.05) is 4.90 Å². The number of carbonyl (C=O) groups excluding carboxylic acids is 1. The van der Waals surface area contributed by atoms with Crippen LogP contribution in [0, 0.1) is 11.8 Å². The van der Waals surface area contributed by atoms with E-state index < -0.39 is 0 Å². The van der Waals surface area contributed by atoms with Crippen LogP contribution in [0.5, 0.6) is 0 Å². The fourth-order valence-electron chi connectivity index (χ4n) is 3.05. The van der Waals surface area contributed by atoms with Crippen LogP contribution in [0.15, 0.2) is 18.3 Å². The van der Waals surface area contributed by atoms with Gasteiger partial charge in [-0.2, -0.15) is 0 Å². The van der Waals surface area contributed by atoms with Crippen molar-refractivity contribution >= 4 is 11.7 Å². The summed E-state index contributed by atoms with van der Waals surface area (Å²) in [6, 6.07) is 3.53. The number of aliphatic hydroxyl groups excluding tert-OH is 1. The average molecular weight is 305 g/mol. The van der Waals surface area contributed by atoms with Crippen molar-refractivity contribution in [1.82, 2.24) is 9.88 Å².